The maximum absolute atomic E-state index is 12.6. The number of ether oxygens (including phenoxy) is 1. The first-order chi connectivity index (χ1) is 11.8. The summed E-state index contributed by atoms with van der Waals surface area (Å²) in [6.07, 6.45) is -3.48. The number of piperazine rings is 1. The summed E-state index contributed by atoms with van der Waals surface area (Å²) in [6.45, 7) is 4.39. The van der Waals surface area contributed by atoms with E-state index in [1.54, 1.807) is 11.9 Å². The van der Waals surface area contributed by atoms with Gasteiger partial charge in [0.05, 0.1) is 11.7 Å². The third-order valence-electron chi connectivity index (χ3n) is 4.58. The molecule has 0 bridgehead atoms. The van der Waals surface area contributed by atoms with Gasteiger partial charge in [0.25, 0.3) is 0 Å². The van der Waals surface area contributed by atoms with E-state index in [1.165, 1.54) is 6.07 Å². The van der Waals surface area contributed by atoms with Gasteiger partial charge >= 0.3 is 6.18 Å². The van der Waals surface area contributed by atoms with E-state index in [0.717, 1.165) is 31.9 Å². The Balaban J connectivity index is 1.49. The summed E-state index contributed by atoms with van der Waals surface area (Å²) in [6, 6.07) is 2.49. The standard InChI is InChI=1S/C16H21F3N4O2/c1-21-9-13(25-11-15(21)24)10-22-4-6-23(7-5-22)14-3-2-12(8-20-14)16(17,18)19/h2-3,8,13H,4-7,9-11H2,1H3. The molecule has 0 spiro atoms. The van der Waals surface area contributed by atoms with Crippen LogP contribution >= 0.6 is 0 Å². The number of morpholine rings is 1. The lowest BCUT2D eigenvalue weighted by atomic mass is 10.2. The van der Waals surface area contributed by atoms with Crippen LogP contribution in [0.5, 0.6) is 0 Å². The third kappa shape index (κ3) is 4.40. The Morgan fingerprint density at radius 1 is 1.24 bits per heavy atom. The second-order valence-corrected chi connectivity index (χ2v) is 6.40. The van der Waals surface area contributed by atoms with Crippen molar-refractivity contribution in [1.82, 2.24) is 14.8 Å². The molecule has 1 aromatic heterocycles. The summed E-state index contributed by atoms with van der Waals surface area (Å²) in [4.78, 5) is 21.3. The second kappa shape index (κ2) is 7.17. The molecule has 0 radical (unpaired) electrons. The number of anilines is 1. The molecule has 25 heavy (non-hydrogen) atoms. The van der Waals surface area contributed by atoms with Gasteiger partial charge in [-0.15, -0.1) is 0 Å². The summed E-state index contributed by atoms with van der Waals surface area (Å²) >= 11 is 0. The van der Waals surface area contributed by atoms with Crippen molar-refractivity contribution < 1.29 is 22.7 Å². The van der Waals surface area contributed by atoms with Gasteiger partial charge in [-0.1, -0.05) is 0 Å². The van der Waals surface area contributed by atoms with Gasteiger partial charge in [0.2, 0.25) is 5.91 Å². The van der Waals surface area contributed by atoms with Gasteiger partial charge in [-0.3, -0.25) is 9.69 Å². The topological polar surface area (TPSA) is 48.9 Å². The highest BCUT2D eigenvalue weighted by molar-refractivity contribution is 5.77. The average molecular weight is 358 g/mol. The van der Waals surface area contributed by atoms with Crippen molar-refractivity contribution in [3.8, 4) is 0 Å². The van der Waals surface area contributed by atoms with Crippen molar-refractivity contribution in [1.29, 1.82) is 0 Å². The van der Waals surface area contributed by atoms with Gasteiger partial charge in [0.15, 0.2) is 0 Å². The molecule has 0 aromatic carbocycles. The van der Waals surface area contributed by atoms with Crippen LogP contribution in [-0.2, 0) is 15.7 Å². The molecule has 2 saturated heterocycles. The van der Waals surface area contributed by atoms with Crippen LogP contribution in [0, 0.1) is 0 Å². The Hall–Kier alpha value is -1.87. The molecule has 1 aromatic rings. The molecule has 3 heterocycles. The average Bonchev–Trinajstić information content (AvgIpc) is 2.58. The number of rotatable bonds is 3. The number of carbonyl (C=O) groups is 1. The van der Waals surface area contributed by atoms with Crippen molar-refractivity contribution in [3.63, 3.8) is 0 Å². The van der Waals surface area contributed by atoms with E-state index in [9.17, 15) is 18.0 Å². The molecule has 6 nitrogen and oxygen atoms in total. The van der Waals surface area contributed by atoms with E-state index in [2.05, 4.69) is 9.88 Å². The normalized spacial score (nSPS) is 23.2. The summed E-state index contributed by atoms with van der Waals surface area (Å²) in [7, 11) is 1.77. The molecule has 0 saturated carbocycles. The number of hydrogen-bond donors (Lipinski definition) is 0. The highest BCUT2D eigenvalue weighted by Gasteiger charge is 2.31. The van der Waals surface area contributed by atoms with Gasteiger partial charge in [-0.25, -0.2) is 4.98 Å². The Bertz CT molecular complexity index is 600. The van der Waals surface area contributed by atoms with Crippen LogP contribution in [0.2, 0.25) is 0 Å². The predicted octanol–water partition coefficient (Wildman–Crippen LogP) is 1.08. The number of amides is 1. The zero-order valence-corrected chi connectivity index (χ0v) is 14.0. The van der Waals surface area contributed by atoms with Gasteiger partial charge in [-0.05, 0) is 12.1 Å². The molecule has 1 unspecified atom stereocenters. The first-order valence-corrected chi connectivity index (χ1v) is 8.19. The van der Waals surface area contributed by atoms with E-state index in [0.29, 0.717) is 25.5 Å². The van der Waals surface area contributed by atoms with E-state index < -0.39 is 11.7 Å². The van der Waals surface area contributed by atoms with E-state index in [-0.39, 0.29) is 18.6 Å². The van der Waals surface area contributed by atoms with E-state index >= 15 is 0 Å². The number of likely N-dealkylation sites (N-methyl/N-ethyl adjacent to an activating group) is 1. The smallest absolute Gasteiger partial charge is 0.365 e. The van der Waals surface area contributed by atoms with Crippen molar-refractivity contribution in [2.75, 3.05) is 57.8 Å². The Kier molecular flexibility index (Phi) is 5.14. The number of hydrogen-bond acceptors (Lipinski definition) is 5. The van der Waals surface area contributed by atoms with Crippen LogP contribution in [0.15, 0.2) is 18.3 Å². The zero-order valence-electron chi connectivity index (χ0n) is 14.0. The van der Waals surface area contributed by atoms with Crippen LogP contribution in [-0.4, -0.2) is 79.7 Å². The minimum absolute atomic E-state index is 0.00144. The number of halogens is 3. The van der Waals surface area contributed by atoms with Gasteiger partial charge in [0.1, 0.15) is 12.4 Å². The first kappa shape index (κ1) is 17.9. The molecule has 0 aliphatic carbocycles. The number of pyridine rings is 1. The fraction of sp³-hybridized carbons (Fsp3) is 0.625. The van der Waals surface area contributed by atoms with Crippen molar-refractivity contribution >= 4 is 11.7 Å². The summed E-state index contributed by atoms with van der Waals surface area (Å²) < 4.78 is 43.3. The summed E-state index contributed by atoms with van der Waals surface area (Å²) in [5.74, 6) is 0.557. The molecular formula is C16H21F3N4O2. The number of nitrogens with zero attached hydrogens (tertiary/aromatic N) is 4. The van der Waals surface area contributed by atoms with Crippen molar-refractivity contribution in [3.05, 3.63) is 23.9 Å². The number of alkyl halides is 3. The monoisotopic (exact) mass is 358 g/mol. The highest BCUT2D eigenvalue weighted by atomic mass is 19.4. The van der Waals surface area contributed by atoms with Crippen LogP contribution in [0.25, 0.3) is 0 Å². The maximum atomic E-state index is 12.6. The molecule has 0 N–H and O–H groups in total. The van der Waals surface area contributed by atoms with Crippen LogP contribution in [0.3, 0.4) is 0 Å². The Morgan fingerprint density at radius 3 is 2.52 bits per heavy atom. The fourth-order valence-electron chi connectivity index (χ4n) is 3.06. The van der Waals surface area contributed by atoms with Crippen LogP contribution < -0.4 is 4.90 Å². The minimum atomic E-state index is -4.36. The summed E-state index contributed by atoms with van der Waals surface area (Å²) in [5.41, 5.74) is -0.733. The molecule has 9 heteroatoms. The lowest BCUT2D eigenvalue weighted by Gasteiger charge is -2.38. The van der Waals surface area contributed by atoms with Gasteiger partial charge in [0, 0.05) is 52.5 Å². The molecule has 138 valence electrons. The molecule has 2 fully saturated rings. The molecule has 2 aliphatic heterocycles. The Morgan fingerprint density at radius 2 is 1.96 bits per heavy atom. The number of carbonyl (C=O) groups excluding carboxylic acids is 1. The van der Waals surface area contributed by atoms with Crippen LogP contribution in [0.1, 0.15) is 5.56 Å². The lowest BCUT2D eigenvalue weighted by Crippen LogP contribution is -2.53. The van der Waals surface area contributed by atoms with E-state index in [4.69, 9.17) is 4.74 Å². The molecule has 1 amide bonds. The molecule has 3 rings (SSSR count). The molecule has 2 aliphatic rings. The fourth-order valence-corrected chi connectivity index (χ4v) is 3.06. The highest BCUT2D eigenvalue weighted by Crippen LogP contribution is 2.29. The quantitative estimate of drug-likeness (QED) is 0.809. The van der Waals surface area contributed by atoms with E-state index in [1.807, 2.05) is 4.90 Å². The molecule has 1 atom stereocenters. The summed E-state index contributed by atoms with van der Waals surface area (Å²) in [5, 5.41) is 0. The van der Waals surface area contributed by atoms with Crippen molar-refractivity contribution in [2.45, 2.75) is 12.3 Å². The van der Waals surface area contributed by atoms with Gasteiger partial charge < -0.3 is 14.5 Å². The molecular weight excluding hydrogens is 337 g/mol. The van der Waals surface area contributed by atoms with Crippen LogP contribution in [0.4, 0.5) is 19.0 Å². The minimum Gasteiger partial charge on any atom is -0.365 e. The lowest BCUT2D eigenvalue weighted by molar-refractivity contribution is -0.147. The van der Waals surface area contributed by atoms with Gasteiger partial charge in [-0.2, -0.15) is 13.2 Å². The zero-order chi connectivity index (χ0) is 18.0. The maximum Gasteiger partial charge on any atom is 0.417 e. The SMILES string of the molecule is CN1CC(CN2CCN(c3ccc(C(F)(F)F)cn3)CC2)OCC1=O. The number of aromatic nitrogens is 1. The Labute approximate surface area is 144 Å². The third-order valence-corrected chi connectivity index (χ3v) is 4.58. The largest absolute Gasteiger partial charge is 0.417 e. The first-order valence-electron chi connectivity index (χ1n) is 8.19. The second-order valence-electron chi connectivity index (χ2n) is 6.40. The van der Waals surface area contributed by atoms with Crippen molar-refractivity contribution in [2.24, 2.45) is 0 Å². The predicted molar refractivity (Wildman–Crippen MR) is 85.3 cm³/mol.